The summed E-state index contributed by atoms with van der Waals surface area (Å²) in [6.45, 7) is 1.17. The first-order valence-electron chi connectivity index (χ1n) is 8.96. The quantitative estimate of drug-likeness (QED) is 0.708. The van der Waals surface area contributed by atoms with Crippen molar-refractivity contribution in [2.75, 3.05) is 20.1 Å². The maximum Gasteiger partial charge on any atom is 0.177 e. The third-order valence-electron chi connectivity index (χ3n) is 5.09. The summed E-state index contributed by atoms with van der Waals surface area (Å²) in [4.78, 5) is 31.7. The normalized spacial score (nSPS) is 17.1. The number of carbonyl (C=O) groups excluding carboxylic acids is 1. The topological polar surface area (TPSA) is 71.9 Å². The highest BCUT2D eigenvalue weighted by atomic mass is 19.1. The van der Waals surface area contributed by atoms with Crippen molar-refractivity contribution in [2.45, 2.75) is 24.9 Å². The van der Waals surface area contributed by atoms with Crippen LogP contribution in [0.5, 0.6) is 0 Å². The van der Waals surface area contributed by atoms with Gasteiger partial charge in [0.25, 0.3) is 0 Å². The van der Waals surface area contributed by atoms with Gasteiger partial charge in [0.2, 0.25) is 0 Å². The molecule has 138 valence electrons. The van der Waals surface area contributed by atoms with Crippen molar-refractivity contribution < 1.29 is 9.18 Å². The highest BCUT2D eigenvalue weighted by molar-refractivity contribution is 5.89. The Kier molecular flexibility index (Phi) is 4.61. The fourth-order valence-electron chi connectivity index (χ4n) is 3.31. The number of aromatic nitrogens is 4. The number of ketones is 1. The van der Waals surface area contributed by atoms with E-state index in [0.717, 1.165) is 16.6 Å². The predicted molar refractivity (Wildman–Crippen MR) is 99.8 cm³/mol. The van der Waals surface area contributed by atoms with Crippen LogP contribution in [0.4, 0.5) is 4.39 Å². The second-order valence-electron chi connectivity index (χ2n) is 7.02. The lowest BCUT2D eigenvalue weighted by Gasteiger charge is -2.33. The minimum Gasteiger partial charge on any atom is -0.306 e. The van der Waals surface area contributed by atoms with Gasteiger partial charge in [-0.25, -0.2) is 14.4 Å². The SMILES string of the molecule is CN1CCC(F)(C(=O)Cc2ncc3ccc(-c4cnccn4)cc3n2)CC1. The summed E-state index contributed by atoms with van der Waals surface area (Å²) < 4.78 is 15.0. The fourth-order valence-corrected chi connectivity index (χ4v) is 3.31. The number of piperidine rings is 1. The van der Waals surface area contributed by atoms with Gasteiger partial charge in [-0.15, -0.1) is 0 Å². The Bertz CT molecular complexity index is 971. The van der Waals surface area contributed by atoms with E-state index in [9.17, 15) is 9.18 Å². The molecule has 0 N–H and O–H groups in total. The average molecular weight is 365 g/mol. The highest BCUT2D eigenvalue weighted by Gasteiger charge is 2.40. The Morgan fingerprint density at radius 3 is 2.74 bits per heavy atom. The lowest BCUT2D eigenvalue weighted by molar-refractivity contribution is -0.132. The molecule has 1 saturated heterocycles. The third-order valence-corrected chi connectivity index (χ3v) is 5.09. The molecule has 0 amide bonds. The van der Waals surface area contributed by atoms with Gasteiger partial charge in [-0.05, 0) is 13.1 Å². The molecule has 3 heterocycles. The molecule has 1 aromatic carbocycles. The number of halogens is 1. The zero-order valence-corrected chi connectivity index (χ0v) is 15.1. The van der Waals surface area contributed by atoms with Crippen LogP contribution in [0.15, 0.2) is 43.0 Å². The molecule has 27 heavy (non-hydrogen) atoms. The van der Waals surface area contributed by atoms with Crippen LogP contribution in [-0.2, 0) is 11.2 Å². The summed E-state index contributed by atoms with van der Waals surface area (Å²) in [6, 6.07) is 5.71. The van der Waals surface area contributed by atoms with Crippen molar-refractivity contribution in [3.63, 3.8) is 0 Å². The van der Waals surface area contributed by atoms with Crippen molar-refractivity contribution in [3.8, 4) is 11.3 Å². The lowest BCUT2D eigenvalue weighted by Crippen LogP contribution is -2.45. The zero-order valence-electron chi connectivity index (χ0n) is 15.1. The lowest BCUT2D eigenvalue weighted by atomic mass is 9.87. The molecule has 0 atom stereocenters. The van der Waals surface area contributed by atoms with Gasteiger partial charge in [-0.3, -0.25) is 14.8 Å². The number of likely N-dealkylation sites (tertiary alicyclic amines) is 1. The largest absolute Gasteiger partial charge is 0.306 e. The van der Waals surface area contributed by atoms with E-state index < -0.39 is 11.5 Å². The molecular weight excluding hydrogens is 345 g/mol. The van der Waals surface area contributed by atoms with E-state index in [-0.39, 0.29) is 19.3 Å². The first-order valence-corrected chi connectivity index (χ1v) is 8.96. The number of hydrogen-bond donors (Lipinski definition) is 0. The molecule has 1 aliphatic heterocycles. The second kappa shape index (κ2) is 7.08. The van der Waals surface area contributed by atoms with Crippen LogP contribution in [0.3, 0.4) is 0 Å². The Morgan fingerprint density at radius 1 is 1.19 bits per heavy atom. The number of carbonyl (C=O) groups is 1. The van der Waals surface area contributed by atoms with Crippen molar-refractivity contribution in [1.82, 2.24) is 24.8 Å². The van der Waals surface area contributed by atoms with E-state index >= 15 is 0 Å². The van der Waals surface area contributed by atoms with Gasteiger partial charge in [0, 0.05) is 55.5 Å². The molecule has 6 nitrogen and oxygen atoms in total. The van der Waals surface area contributed by atoms with E-state index in [0.29, 0.717) is 24.4 Å². The van der Waals surface area contributed by atoms with Crippen molar-refractivity contribution in [1.29, 1.82) is 0 Å². The first-order chi connectivity index (χ1) is 13.0. The number of nitrogens with zero attached hydrogens (tertiary/aromatic N) is 5. The van der Waals surface area contributed by atoms with Gasteiger partial charge in [0.05, 0.1) is 23.8 Å². The molecule has 2 aromatic heterocycles. The number of hydrogen-bond acceptors (Lipinski definition) is 6. The Hall–Kier alpha value is -2.80. The molecule has 1 fully saturated rings. The number of fused-ring (bicyclic) bond motifs is 1. The van der Waals surface area contributed by atoms with Gasteiger partial charge in [0.15, 0.2) is 11.5 Å². The minimum absolute atomic E-state index is 0.0917. The number of Topliss-reactive ketones (excluding diaryl/α,β-unsaturated/α-hetero) is 1. The van der Waals surface area contributed by atoms with E-state index in [1.165, 1.54) is 0 Å². The molecule has 0 radical (unpaired) electrons. The van der Waals surface area contributed by atoms with E-state index in [2.05, 4.69) is 19.9 Å². The van der Waals surface area contributed by atoms with Crippen molar-refractivity contribution in [3.05, 3.63) is 48.8 Å². The first kappa shape index (κ1) is 17.6. The van der Waals surface area contributed by atoms with Gasteiger partial charge in [-0.1, -0.05) is 12.1 Å². The average Bonchev–Trinajstić information content (AvgIpc) is 2.70. The monoisotopic (exact) mass is 365 g/mol. The Morgan fingerprint density at radius 2 is 2.00 bits per heavy atom. The van der Waals surface area contributed by atoms with Gasteiger partial charge in [0.1, 0.15) is 5.82 Å². The van der Waals surface area contributed by atoms with E-state index in [1.807, 2.05) is 30.1 Å². The molecule has 0 aliphatic carbocycles. The maximum absolute atomic E-state index is 15.0. The van der Waals surface area contributed by atoms with Crippen LogP contribution in [0.1, 0.15) is 18.7 Å². The molecule has 0 bridgehead atoms. The summed E-state index contributed by atoms with van der Waals surface area (Å²) in [6.07, 6.45) is 6.97. The fraction of sp³-hybridized carbons (Fsp3) is 0.350. The van der Waals surface area contributed by atoms with Crippen LogP contribution in [-0.4, -0.2) is 56.4 Å². The second-order valence-corrected chi connectivity index (χ2v) is 7.02. The van der Waals surface area contributed by atoms with Gasteiger partial charge in [-0.2, -0.15) is 0 Å². The standard InChI is InChI=1S/C20H20FN5O/c1-26-8-4-20(21,5-9-26)18(27)11-19-24-12-15-3-2-14(10-16(15)25-19)17-13-22-6-7-23-17/h2-3,6-7,10,12-13H,4-5,8-9,11H2,1H3. The molecule has 4 rings (SSSR count). The maximum atomic E-state index is 15.0. The van der Waals surface area contributed by atoms with Crippen molar-refractivity contribution >= 4 is 16.7 Å². The number of rotatable bonds is 4. The summed E-state index contributed by atoms with van der Waals surface area (Å²) in [5.74, 6) is -0.0835. The van der Waals surface area contributed by atoms with Crippen molar-refractivity contribution in [2.24, 2.45) is 0 Å². The van der Waals surface area contributed by atoms with Crippen LogP contribution in [0.25, 0.3) is 22.2 Å². The molecule has 0 spiro atoms. The van der Waals surface area contributed by atoms with Gasteiger partial charge >= 0.3 is 0 Å². The van der Waals surface area contributed by atoms with Crippen LogP contribution in [0, 0.1) is 0 Å². The predicted octanol–water partition coefficient (Wildman–Crippen LogP) is 2.63. The molecule has 3 aromatic rings. The smallest absolute Gasteiger partial charge is 0.177 e. The molecule has 7 heteroatoms. The van der Waals surface area contributed by atoms with Gasteiger partial charge < -0.3 is 4.90 Å². The summed E-state index contributed by atoms with van der Waals surface area (Å²) in [5, 5.41) is 0.855. The van der Waals surface area contributed by atoms with E-state index in [4.69, 9.17) is 0 Å². The van der Waals surface area contributed by atoms with E-state index in [1.54, 1.807) is 24.8 Å². The molecule has 0 unspecified atom stereocenters. The molecule has 0 saturated carbocycles. The summed E-state index contributed by atoms with van der Waals surface area (Å²) in [5.41, 5.74) is 0.549. The minimum atomic E-state index is -1.77. The number of alkyl halides is 1. The summed E-state index contributed by atoms with van der Waals surface area (Å²) in [7, 11) is 1.94. The highest BCUT2D eigenvalue weighted by Crippen LogP contribution is 2.28. The molecular formula is C20H20FN5O. The zero-order chi connectivity index (χ0) is 18.9. The van der Waals surface area contributed by atoms with Crippen LogP contribution >= 0.6 is 0 Å². The Balaban J connectivity index is 1.58. The Labute approximate surface area is 156 Å². The third kappa shape index (κ3) is 3.68. The summed E-state index contributed by atoms with van der Waals surface area (Å²) >= 11 is 0. The number of benzene rings is 1. The van der Waals surface area contributed by atoms with Crippen LogP contribution < -0.4 is 0 Å². The van der Waals surface area contributed by atoms with Crippen LogP contribution in [0.2, 0.25) is 0 Å². The molecule has 1 aliphatic rings.